The van der Waals surface area contributed by atoms with Crippen molar-refractivity contribution in [2.75, 3.05) is 18.4 Å². The number of thioether (sulfide) groups is 1. The van der Waals surface area contributed by atoms with Gasteiger partial charge in [0.1, 0.15) is 0 Å². The average molecular weight is 352 g/mol. The average Bonchev–Trinajstić information content (AvgIpc) is 2.92. The number of alkyl halides is 3. The van der Waals surface area contributed by atoms with E-state index in [1.165, 1.54) is 11.8 Å². The molecule has 2 N–H and O–H groups in total. The van der Waals surface area contributed by atoms with E-state index in [0.29, 0.717) is 11.7 Å². The van der Waals surface area contributed by atoms with Gasteiger partial charge in [-0.2, -0.15) is 13.2 Å². The third-order valence-electron chi connectivity index (χ3n) is 2.85. The topological polar surface area (TPSA) is 53.5 Å². The van der Waals surface area contributed by atoms with Crippen molar-refractivity contribution in [2.24, 2.45) is 4.99 Å². The Morgan fingerprint density at radius 2 is 2.23 bits per heavy atom. The van der Waals surface area contributed by atoms with Crippen LogP contribution in [0.4, 0.5) is 18.9 Å². The predicted octanol–water partition coefficient (Wildman–Crippen LogP) is 3.38. The van der Waals surface area contributed by atoms with E-state index in [1.807, 2.05) is 0 Å². The molecule has 0 aromatic heterocycles. The summed E-state index contributed by atoms with van der Waals surface area (Å²) in [6.45, 7) is 3.01. The molecule has 2 rings (SSSR count). The van der Waals surface area contributed by atoms with Crippen LogP contribution in [0.3, 0.4) is 0 Å². The maximum absolute atomic E-state index is 12.7. The lowest BCUT2D eigenvalue weighted by Crippen LogP contribution is -2.27. The van der Waals surface area contributed by atoms with Gasteiger partial charge in [-0.1, -0.05) is 23.4 Å². The Morgan fingerprint density at radius 3 is 2.82 bits per heavy atom. The van der Waals surface area contributed by atoms with E-state index in [-0.39, 0.29) is 10.7 Å². The Bertz CT molecular complexity index is 607. The van der Waals surface area contributed by atoms with Crippen molar-refractivity contribution < 1.29 is 18.0 Å². The molecule has 1 aromatic rings. The Morgan fingerprint density at radius 1 is 1.50 bits per heavy atom. The van der Waals surface area contributed by atoms with Gasteiger partial charge in [0, 0.05) is 6.54 Å². The fraction of sp³-hybridized carbons (Fsp3) is 0.385. The van der Waals surface area contributed by atoms with Crippen molar-refractivity contribution in [2.45, 2.75) is 18.3 Å². The normalized spacial score (nSPS) is 16.0. The lowest BCUT2D eigenvalue weighted by atomic mass is 10.2. The Hall–Kier alpha value is -1.41. The van der Waals surface area contributed by atoms with Gasteiger partial charge in [0.15, 0.2) is 5.17 Å². The third-order valence-corrected chi connectivity index (χ3v) is 4.25. The molecular weight excluding hydrogens is 339 g/mol. The van der Waals surface area contributed by atoms with E-state index >= 15 is 0 Å². The number of anilines is 1. The van der Waals surface area contributed by atoms with E-state index in [1.54, 1.807) is 6.92 Å². The van der Waals surface area contributed by atoms with E-state index in [2.05, 4.69) is 15.6 Å². The van der Waals surface area contributed by atoms with Crippen LogP contribution in [0.15, 0.2) is 23.2 Å². The molecule has 0 saturated carbocycles. The van der Waals surface area contributed by atoms with Gasteiger partial charge >= 0.3 is 6.18 Å². The Kier molecular flexibility index (Phi) is 5.23. The van der Waals surface area contributed by atoms with Crippen molar-refractivity contribution in [3.8, 4) is 0 Å². The quantitative estimate of drug-likeness (QED) is 0.877. The summed E-state index contributed by atoms with van der Waals surface area (Å²) in [5, 5.41) is 5.61. The second kappa shape index (κ2) is 6.78. The number of hydrogen-bond donors (Lipinski definition) is 2. The number of amides is 1. The molecule has 1 aliphatic heterocycles. The molecule has 1 heterocycles. The zero-order valence-corrected chi connectivity index (χ0v) is 13.1. The van der Waals surface area contributed by atoms with Crippen LogP contribution in [-0.2, 0) is 11.0 Å². The summed E-state index contributed by atoms with van der Waals surface area (Å²) in [6, 6.07) is 2.80. The number of carbonyl (C=O) groups excluding carboxylic acids is 1. The van der Waals surface area contributed by atoms with Gasteiger partial charge in [-0.15, -0.1) is 0 Å². The highest BCUT2D eigenvalue weighted by Gasteiger charge is 2.31. The number of halogens is 4. The van der Waals surface area contributed by atoms with Gasteiger partial charge in [-0.3, -0.25) is 9.79 Å². The number of aliphatic imine (C=N–C) groups is 1. The lowest BCUT2D eigenvalue weighted by Gasteiger charge is -2.14. The molecule has 1 aliphatic rings. The Labute approximate surface area is 134 Å². The summed E-state index contributed by atoms with van der Waals surface area (Å²) in [6.07, 6.45) is -4.49. The molecule has 1 atom stereocenters. The number of nitrogens with zero attached hydrogens (tertiary/aromatic N) is 1. The number of rotatable bonds is 3. The molecule has 1 unspecified atom stereocenters. The third kappa shape index (κ3) is 4.30. The van der Waals surface area contributed by atoms with Crippen LogP contribution >= 0.6 is 23.4 Å². The molecule has 1 aromatic carbocycles. The zero-order chi connectivity index (χ0) is 16.3. The summed E-state index contributed by atoms with van der Waals surface area (Å²) in [5.74, 6) is -0.442. The highest BCUT2D eigenvalue weighted by Crippen LogP contribution is 2.34. The first-order chi connectivity index (χ1) is 10.3. The second-order valence-electron chi connectivity index (χ2n) is 4.56. The first-order valence-corrected chi connectivity index (χ1v) is 7.65. The van der Waals surface area contributed by atoms with Gasteiger partial charge in [-0.25, -0.2) is 0 Å². The summed E-state index contributed by atoms with van der Waals surface area (Å²) in [5.41, 5.74) is -0.926. The van der Waals surface area contributed by atoms with Crippen molar-refractivity contribution >= 4 is 40.1 Å². The van der Waals surface area contributed by atoms with Crippen LogP contribution in [0.2, 0.25) is 5.02 Å². The van der Waals surface area contributed by atoms with Crippen molar-refractivity contribution in [1.29, 1.82) is 0 Å². The maximum Gasteiger partial charge on any atom is 0.416 e. The lowest BCUT2D eigenvalue weighted by molar-refractivity contribution is -0.137. The summed E-state index contributed by atoms with van der Waals surface area (Å²) in [4.78, 5) is 16.2. The minimum Gasteiger partial charge on any atom is -0.363 e. The fourth-order valence-electron chi connectivity index (χ4n) is 1.71. The first kappa shape index (κ1) is 17.0. The molecule has 0 fully saturated rings. The fourth-order valence-corrected chi connectivity index (χ4v) is 2.72. The summed E-state index contributed by atoms with van der Waals surface area (Å²) in [7, 11) is 0. The number of benzene rings is 1. The Balaban J connectivity index is 2.07. The molecule has 1 amide bonds. The van der Waals surface area contributed by atoms with Crippen LogP contribution in [0, 0.1) is 0 Å². The number of amidine groups is 1. The minimum atomic E-state index is -4.49. The van der Waals surface area contributed by atoms with Crippen molar-refractivity contribution in [3.63, 3.8) is 0 Å². The van der Waals surface area contributed by atoms with Crippen molar-refractivity contribution in [3.05, 3.63) is 28.8 Å². The van der Waals surface area contributed by atoms with Gasteiger partial charge < -0.3 is 10.6 Å². The SMILES string of the molecule is CC(SC1=NCCN1)C(=O)Nc1cc(C(F)(F)F)ccc1Cl. The van der Waals surface area contributed by atoms with Crippen LogP contribution in [-0.4, -0.2) is 29.4 Å². The van der Waals surface area contributed by atoms with Gasteiger partial charge in [0.05, 0.1) is 28.1 Å². The van der Waals surface area contributed by atoms with E-state index in [9.17, 15) is 18.0 Å². The molecule has 120 valence electrons. The zero-order valence-electron chi connectivity index (χ0n) is 11.5. The highest BCUT2D eigenvalue weighted by molar-refractivity contribution is 8.14. The molecular formula is C13H13ClF3N3OS. The standard InChI is InChI=1S/C13H13ClF3N3OS/c1-7(22-12-18-4-5-19-12)11(21)20-10-6-8(13(15,16)17)2-3-9(10)14/h2-3,6-7H,4-5H2,1H3,(H,18,19)(H,20,21). The van der Waals surface area contributed by atoms with E-state index in [0.717, 1.165) is 24.7 Å². The smallest absolute Gasteiger partial charge is 0.363 e. The maximum atomic E-state index is 12.7. The molecule has 0 spiro atoms. The molecule has 0 bridgehead atoms. The number of nitrogens with one attached hydrogen (secondary N) is 2. The minimum absolute atomic E-state index is 0.0508. The van der Waals surface area contributed by atoms with Gasteiger partial charge in [-0.05, 0) is 25.1 Å². The summed E-state index contributed by atoms with van der Waals surface area (Å²) >= 11 is 7.05. The predicted molar refractivity (Wildman–Crippen MR) is 82.4 cm³/mol. The number of carbonyl (C=O) groups is 1. The molecule has 22 heavy (non-hydrogen) atoms. The first-order valence-electron chi connectivity index (χ1n) is 6.40. The van der Waals surface area contributed by atoms with Crippen LogP contribution in [0.25, 0.3) is 0 Å². The van der Waals surface area contributed by atoms with E-state index in [4.69, 9.17) is 11.6 Å². The molecule has 0 aliphatic carbocycles. The van der Waals surface area contributed by atoms with Crippen LogP contribution < -0.4 is 10.6 Å². The highest BCUT2D eigenvalue weighted by atomic mass is 35.5. The molecule has 9 heteroatoms. The van der Waals surface area contributed by atoms with Crippen molar-refractivity contribution in [1.82, 2.24) is 5.32 Å². The monoisotopic (exact) mass is 351 g/mol. The second-order valence-corrected chi connectivity index (χ2v) is 6.29. The number of hydrogen-bond acceptors (Lipinski definition) is 4. The molecule has 0 saturated heterocycles. The van der Waals surface area contributed by atoms with Crippen LogP contribution in [0.1, 0.15) is 12.5 Å². The van der Waals surface area contributed by atoms with E-state index < -0.39 is 22.9 Å². The largest absolute Gasteiger partial charge is 0.416 e. The van der Waals surface area contributed by atoms with Crippen LogP contribution in [0.5, 0.6) is 0 Å². The van der Waals surface area contributed by atoms with Gasteiger partial charge in [0.25, 0.3) is 0 Å². The van der Waals surface area contributed by atoms with Gasteiger partial charge in [0.2, 0.25) is 5.91 Å². The summed E-state index contributed by atoms with van der Waals surface area (Å²) < 4.78 is 38.0. The molecule has 4 nitrogen and oxygen atoms in total. The molecule has 0 radical (unpaired) electrons.